The molecule has 2 heterocycles. The Hall–Kier alpha value is -1.71. The van der Waals surface area contributed by atoms with Crippen molar-refractivity contribution in [1.82, 2.24) is 30.0 Å². The van der Waals surface area contributed by atoms with Gasteiger partial charge in [0, 0.05) is 37.0 Å². The number of aromatic amines is 1. The van der Waals surface area contributed by atoms with Gasteiger partial charge in [0.1, 0.15) is 0 Å². The molecule has 21 heavy (non-hydrogen) atoms. The minimum absolute atomic E-state index is 0.0936. The first kappa shape index (κ1) is 15.7. The van der Waals surface area contributed by atoms with Crippen LogP contribution < -0.4 is 10.0 Å². The molecule has 0 aliphatic heterocycles. The number of nitrogens with one attached hydrogen (secondary N) is 3. The fraction of sp³-hybridized carbons (Fsp3) is 0.500. The number of aromatic nitrogens is 4. The van der Waals surface area contributed by atoms with Gasteiger partial charge in [0.05, 0.1) is 11.9 Å². The minimum atomic E-state index is -3.64. The molecular weight excluding hydrogens is 292 g/mol. The predicted octanol–water partition coefficient (Wildman–Crippen LogP) is -0.0421. The van der Waals surface area contributed by atoms with Gasteiger partial charge in [-0.3, -0.25) is 9.78 Å². The number of hydrogen-bond donors (Lipinski definition) is 3. The minimum Gasteiger partial charge on any atom is -0.316 e. The van der Waals surface area contributed by atoms with E-state index in [2.05, 4.69) is 25.3 Å². The van der Waals surface area contributed by atoms with E-state index < -0.39 is 10.0 Å². The summed E-state index contributed by atoms with van der Waals surface area (Å²) < 4.78 is 29.0. The number of sulfonamides is 1. The van der Waals surface area contributed by atoms with E-state index in [4.69, 9.17) is 0 Å². The van der Waals surface area contributed by atoms with Crippen LogP contribution in [0.5, 0.6) is 0 Å². The maximum atomic E-state index is 12.4. The third-order valence-electron chi connectivity index (χ3n) is 3.41. The third kappa shape index (κ3) is 3.14. The number of hydrogen-bond acceptors (Lipinski definition) is 5. The van der Waals surface area contributed by atoms with E-state index >= 15 is 0 Å². The van der Waals surface area contributed by atoms with Crippen LogP contribution in [0.3, 0.4) is 0 Å². The molecule has 9 heteroatoms. The summed E-state index contributed by atoms with van der Waals surface area (Å²) in [6.07, 6.45) is 1.51. The predicted molar refractivity (Wildman–Crippen MR) is 78.1 cm³/mol. The van der Waals surface area contributed by atoms with E-state index in [1.54, 1.807) is 11.7 Å². The first-order valence-electron chi connectivity index (χ1n) is 6.52. The standard InChI is InChI=1S/C12H20N6O2S/c1-8-11(9(2)18(4)17-8)7-15-21(19,20)12-10(5-13-3)6-14-16-12/h6,13,15H,5,7H2,1-4H3,(H,14,16). The lowest BCUT2D eigenvalue weighted by molar-refractivity contribution is 0.574. The molecule has 0 aliphatic carbocycles. The zero-order chi connectivity index (χ0) is 15.6. The van der Waals surface area contributed by atoms with E-state index in [9.17, 15) is 8.42 Å². The van der Waals surface area contributed by atoms with Gasteiger partial charge in [-0.05, 0) is 20.9 Å². The molecule has 0 unspecified atom stereocenters. The first-order valence-corrected chi connectivity index (χ1v) is 8.00. The Labute approximate surface area is 124 Å². The van der Waals surface area contributed by atoms with Crippen LogP contribution in [0.15, 0.2) is 11.2 Å². The molecule has 0 radical (unpaired) electrons. The highest BCUT2D eigenvalue weighted by atomic mass is 32.2. The molecular formula is C12H20N6O2S. The molecule has 0 saturated carbocycles. The van der Waals surface area contributed by atoms with Crippen LogP contribution in [0.2, 0.25) is 0 Å². The molecule has 116 valence electrons. The summed E-state index contributed by atoms with van der Waals surface area (Å²) in [5, 5.41) is 13.6. The van der Waals surface area contributed by atoms with E-state index in [-0.39, 0.29) is 11.6 Å². The Morgan fingerprint density at radius 3 is 2.62 bits per heavy atom. The van der Waals surface area contributed by atoms with E-state index in [0.29, 0.717) is 12.1 Å². The van der Waals surface area contributed by atoms with Crippen molar-refractivity contribution < 1.29 is 8.42 Å². The molecule has 3 N–H and O–H groups in total. The highest BCUT2D eigenvalue weighted by molar-refractivity contribution is 7.89. The first-order chi connectivity index (χ1) is 9.86. The van der Waals surface area contributed by atoms with Crippen molar-refractivity contribution in [3.63, 3.8) is 0 Å². The molecule has 2 rings (SSSR count). The average Bonchev–Trinajstić information content (AvgIpc) is 2.96. The number of aryl methyl sites for hydroxylation is 2. The SMILES string of the molecule is CNCc1cn[nH]c1S(=O)(=O)NCc1c(C)nn(C)c1C. The van der Waals surface area contributed by atoms with Crippen LogP contribution in [-0.2, 0) is 30.2 Å². The molecule has 0 saturated heterocycles. The molecule has 0 aliphatic rings. The monoisotopic (exact) mass is 312 g/mol. The van der Waals surface area contributed by atoms with Gasteiger partial charge < -0.3 is 5.32 Å². The normalized spacial score (nSPS) is 12.0. The van der Waals surface area contributed by atoms with Crippen molar-refractivity contribution in [2.24, 2.45) is 7.05 Å². The maximum absolute atomic E-state index is 12.4. The van der Waals surface area contributed by atoms with Crippen LogP contribution in [0, 0.1) is 13.8 Å². The van der Waals surface area contributed by atoms with Gasteiger partial charge in [-0.1, -0.05) is 0 Å². The van der Waals surface area contributed by atoms with E-state index in [1.807, 2.05) is 20.9 Å². The van der Waals surface area contributed by atoms with Gasteiger partial charge in [0.25, 0.3) is 10.0 Å². The van der Waals surface area contributed by atoms with Crippen LogP contribution in [0.4, 0.5) is 0 Å². The quantitative estimate of drug-likeness (QED) is 0.694. The number of nitrogens with zero attached hydrogens (tertiary/aromatic N) is 3. The topological polar surface area (TPSA) is 105 Å². The zero-order valence-corrected chi connectivity index (χ0v) is 13.4. The fourth-order valence-electron chi connectivity index (χ4n) is 2.16. The van der Waals surface area contributed by atoms with E-state index in [0.717, 1.165) is 17.0 Å². The van der Waals surface area contributed by atoms with Gasteiger partial charge in [-0.15, -0.1) is 0 Å². The summed E-state index contributed by atoms with van der Waals surface area (Å²) in [5.41, 5.74) is 3.24. The molecule has 0 spiro atoms. The average molecular weight is 312 g/mol. The fourth-order valence-corrected chi connectivity index (χ4v) is 3.28. The molecule has 0 atom stereocenters. The van der Waals surface area contributed by atoms with Gasteiger partial charge in [0.2, 0.25) is 0 Å². The van der Waals surface area contributed by atoms with E-state index in [1.165, 1.54) is 6.20 Å². The van der Waals surface area contributed by atoms with Crippen molar-refractivity contribution in [2.45, 2.75) is 32.0 Å². The second kappa shape index (κ2) is 5.96. The summed E-state index contributed by atoms with van der Waals surface area (Å²) >= 11 is 0. The second-order valence-electron chi connectivity index (χ2n) is 4.85. The molecule has 0 amide bonds. The Morgan fingerprint density at radius 1 is 1.33 bits per heavy atom. The Bertz CT molecular complexity index is 731. The summed E-state index contributed by atoms with van der Waals surface area (Å²) in [6, 6.07) is 0. The Kier molecular flexibility index (Phi) is 4.45. The molecule has 0 aromatic carbocycles. The van der Waals surface area contributed by atoms with Crippen LogP contribution in [0.25, 0.3) is 0 Å². The summed E-state index contributed by atoms with van der Waals surface area (Å²) in [4.78, 5) is 0. The summed E-state index contributed by atoms with van der Waals surface area (Å²) in [6.45, 7) is 4.40. The lowest BCUT2D eigenvalue weighted by Crippen LogP contribution is -2.25. The largest absolute Gasteiger partial charge is 0.316 e. The van der Waals surface area contributed by atoms with Gasteiger partial charge >= 0.3 is 0 Å². The Balaban J connectivity index is 2.20. The number of rotatable bonds is 6. The van der Waals surface area contributed by atoms with Crippen molar-refractivity contribution in [3.05, 3.63) is 28.7 Å². The van der Waals surface area contributed by atoms with Crippen molar-refractivity contribution in [2.75, 3.05) is 7.05 Å². The summed E-state index contributed by atoms with van der Waals surface area (Å²) in [7, 11) is -0.0546. The van der Waals surface area contributed by atoms with Gasteiger partial charge in [0.15, 0.2) is 5.03 Å². The molecule has 0 fully saturated rings. The molecule has 2 aromatic heterocycles. The highest BCUT2D eigenvalue weighted by Crippen LogP contribution is 2.15. The van der Waals surface area contributed by atoms with Gasteiger partial charge in [-0.2, -0.15) is 10.2 Å². The molecule has 0 bridgehead atoms. The lowest BCUT2D eigenvalue weighted by atomic mass is 10.2. The second-order valence-corrected chi connectivity index (χ2v) is 6.56. The highest BCUT2D eigenvalue weighted by Gasteiger charge is 2.21. The zero-order valence-electron chi connectivity index (χ0n) is 12.6. The third-order valence-corrected chi connectivity index (χ3v) is 4.83. The lowest BCUT2D eigenvalue weighted by Gasteiger charge is -2.07. The van der Waals surface area contributed by atoms with Crippen molar-refractivity contribution >= 4 is 10.0 Å². The molecule has 8 nitrogen and oxygen atoms in total. The molecule has 2 aromatic rings. The Morgan fingerprint density at radius 2 is 2.05 bits per heavy atom. The maximum Gasteiger partial charge on any atom is 0.258 e. The van der Waals surface area contributed by atoms with Crippen LogP contribution >= 0.6 is 0 Å². The van der Waals surface area contributed by atoms with Crippen LogP contribution in [0.1, 0.15) is 22.5 Å². The van der Waals surface area contributed by atoms with Gasteiger partial charge in [-0.25, -0.2) is 13.1 Å². The smallest absolute Gasteiger partial charge is 0.258 e. The van der Waals surface area contributed by atoms with Crippen molar-refractivity contribution in [1.29, 1.82) is 0 Å². The van der Waals surface area contributed by atoms with Crippen molar-refractivity contribution in [3.8, 4) is 0 Å². The summed E-state index contributed by atoms with van der Waals surface area (Å²) in [5.74, 6) is 0. The number of H-pyrrole nitrogens is 1. The van der Waals surface area contributed by atoms with Crippen LogP contribution in [-0.4, -0.2) is 35.4 Å².